The zero-order valence-corrected chi connectivity index (χ0v) is 21.3. The molecule has 0 saturated carbocycles. The van der Waals surface area contributed by atoms with Gasteiger partial charge in [0, 0.05) is 28.3 Å². The van der Waals surface area contributed by atoms with E-state index in [9.17, 15) is 9.59 Å². The van der Waals surface area contributed by atoms with Gasteiger partial charge in [-0.05, 0) is 87.5 Å². The summed E-state index contributed by atoms with van der Waals surface area (Å²) in [5, 5.41) is 2.54. The fourth-order valence-corrected chi connectivity index (χ4v) is 4.95. The average Bonchev–Trinajstić information content (AvgIpc) is 2.71. The number of allylic oxidation sites excluding steroid dienone is 1. The molecular weight excluding hydrogens is 505 g/mol. The zero-order valence-electron chi connectivity index (χ0n) is 18.9. The van der Waals surface area contributed by atoms with Crippen molar-refractivity contribution < 1.29 is 14.0 Å². The Hall–Kier alpha value is -2.84. The number of nitrogens with zero attached hydrogens (tertiary/aromatic N) is 2. The molecule has 0 unspecified atom stereocenters. The Balaban J connectivity index is 1.80. The normalized spacial score (nSPS) is 18.9. The van der Waals surface area contributed by atoms with Crippen LogP contribution in [0.1, 0.15) is 37.5 Å². The van der Waals surface area contributed by atoms with Crippen LogP contribution in [-0.4, -0.2) is 29.5 Å². The van der Waals surface area contributed by atoms with Crippen molar-refractivity contribution in [3.63, 3.8) is 0 Å². The largest absolute Gasteiger partial charge is 0.365 e. The Morgan fingerprint density at radius 1 is 1.12 bits per heavy atom. The number of nitrogens with one attached hydrogen (secondary N) is 1. The van der Waals surface area contributed by atoms with Crippen molar-refractivity contribution in [2.75, 3.05) is 16.8 Å². The maximum atomic E-state index is 15.2. The number of carbonyl (C=O) groups excluding carboxylic acids is 2. The highest BCUT2D eigenvalue weighted by Gasteiger charge is 2.36. The number of anilines is 2. The van der Waals surface area contributed by atoms with Crippen molar-refractivity contribution in [3.8, 4) is 0 Å². The molecule has 2 aromatic rings. The third kappa shape index (κ3) is 4.02. The molecule has 0 spiro atoms. The van der Waals surface area contributed by atoms with E-state index in [0.29, 0.717) is 5.69 Å². The van der Waals surface area contributed by atoms with Crippen molar-refractivity contribution >= 4 is 68.1 Å². The Bertz CT molecular complexity index is 1300. The molecule has 1 saturated heterocycles. The molecule has 2 aromatic carbocycles. The SMILES string of the molecule is CC1=CC(C)(C)N(C)c2cc(F)c(/C=C3/C(=O)NC(=S)N(c4ccc(Br)cc4C)C3=O)cc21. The fourth-order valence-electron chi connectivity index (χ4n) is 4.20. The Kier molecular flexibility index (Phi) is 5.78. The number of fused-ring (bicyclic) bond motifs is 1. The highest BCUT2D eigenvalue weighted by molar-refractivity contribution is 9.10. The van der Waals surface area contributed by atoms with Crippen LogP contribution in [0, 0.1) is 12.7 Å². The number of benzene rings is 2. The van der Waals surface area contributed by atoms with Crippen LogP contribution in [0.4, 0.5) is 15.8 Å². The highest BCUT2D eigenvalue weighted by atomic mass is 79.9. The van der Waals surface area contributed by atoms with Crippen LogP contribution in [0.25, 0.3) is 11.6 Å². The summed E-state index contributed by atoms with van der Waals surface area (Å²) in [5.41, 5.74) is 3.66. The van der Waals surface area contributed by atoms with Gasteiger partial charge in [0.1, 0.15) is 11.4 Å². The van der Waals surface area contributed by atoms with Gasteiger partial charge >= 0.3 is 0 Å². The number of amides is 2. The van der Waals surface area contributed by atoms with Crippen LogP contribution in [0.2, 0.25) is 0 Å². The quantitative estimate of drug-likeness (QED) is 0.324. The lowest BCUT2D eigenvalue weighted by molar-refractivity contribution is -0.122. The molecule has 1 N–H and O–H groups in total. The first-order valence-corrected chi connectivity index (χ1v) is 11.6. The molecule has 5 nitrogen and oxygen atoms in total. The summed E-state index contributed by atoms with van der Waals surface area (Å²) < 4.78 is 16.0. The molecule has 2 heterocycles. The van der Waals surface area contributed by atoms with Gasteiger partial charge in [-0.2, -0.15) is 0 Å². The Morgan fingerprint density at radius 3 is 2.48 bits per heavy atom. The number of likely N-dealkylation sites (N-methyl/N-ethyl adjacent to an activating group) is 1. The van der Waals surface area contributed by atoms with Crippen molar-refractivity contribution in [1.82, 2.24) is 5.32 Å². The molecule has 0 radical (unpaired) electrons. The number of hydrogen-bond donors (Lipinski definition) is 1. The van der Waals surface area contributed by atoms with E-state index in [4.69, 9.17) is 12.2 Å². The van der Waals surface area contributed by atoms with Gasteiger partial charge in [0.2, 0.25) is 0 Å². The number of thiocarbonyl (C=S) groups is 1. The van der Waals surface area contributed by atoms with Crippen LogP contribution in [0.5, 0.6) is 0 Å². The molecule has 33 heavy (non-hydrogen) atoms. The second kappa shape index (κ2) is 8.18. The maximum absolute atomic E-state index is 15.2. The summed E-state index contributed by atoms with van der Waals surface area (Å²) in [6, 6.07) is 8.50. The monoisotopic (exact) mass is 527 g/mol. The summed E-state index contributed by atoms with van der Waals surface area (Å²) >= 11 is 8.68. The minimum absolute atomic E-state index is 0.0129. The third-order valence-corrected chi connectivity index (χ3v) is 6.91. The van der Waals surface area contributed by atoms with Crippen molar-refractivity contribution in [2.45, 2.75) is 33.2 Å². The van der Waals surface area contributed by atoms with Crippen LogP contribution >= 0.6 is 28.1 Å². The third-order valence-electron chi connectivity index (χ3n) is 6.14. The van der Waals surface area contributed by atoms with Gasteiger partial charge in [-0.3, -0.25) is 19.8 Å². The van der Waals surface area contributed by atoms with Crippen LogP contribution in [-0.2, 0) is 9.59 Å². The van der Waals surface area contributed by atoms with E-state index in [-0.39, 0.29) is 21.8 Å². The number of hydrogen-bond acceptors (Lipinski definition) is 4. The number of halogens is 2. The van der Waals surface area contributed by atoms with Crippen molar-refractivity contribution in [2.24, 2.45) is 0 Å². The smallest absolute Gasteiger partial charge is 0.270 e. The topological polar surface area (TPSA) is 52.7 Å². The maximum Gasteiger partial charge on any atom is 0.270 e. The molecule has 1 fully saturated rings. The minimum Gasteiger partial charge on any atom is -0.365 e. The average molecular weight is 528 g/mol. The second-order valence-electron chi connectivity index (χ2n) is 8.82. The summed E-state index contributed by atoms with van der Waals surface area (Å²) in [5.74, 6) is -1.77. The number of aryl methyl sites for hydroxylation is 1. The van der Waals surface area contributed by atoms with Gasteiger partial charge < -0.3 is 4.90 Å². The van der Waals surface area contributed by atoms with Gasteiger partial charge in [-0.1, -0.05) is 22.0 Å². The van der Waals surface area contributed by atoms with E-state index >= 15 is 4.39 Å². The van der Waals surface area contributed by atoms with E-state index in [1.807, 2.05) is 31.9 Å². The van der Waals surface area contributed by atoms with Gasteiger partial charge in [0.15, 0.2) is 5.11 Å². The lowest BCUT2D eigenvalue weighted by Crippen LogP contribution is -2.54. The number of carbonyl (C=O) groups is 2. The molecule has 2 aliphatic heterocycles. The first-order valence-electron chi connectivity index (χ1n) is 10.4. The molecule has 4 rings (SSSR count). The van der Waals surface area contributed by atoms with E-state index in [1.54, 1.807) is 18.2 Å². The molecule has 2 aliphatic rings. The Labute approximate surface area is 206 Å². The molecule has 2 amide bonds. The minimum atomic E-state index is -0.654. The molecule has 0 aliphatic carbocycles. The first kappa shape index (κ1) is 23.3. The summed E-state index contributed by atoms with van der Waals surface area (Å²) in [4.78, 5) is 29.3. The molecular formula is C25H23BrFN3O2S. The van der Waals surface area contributed by atoms with E-state index in [2.05, 4.69) is 41.2 Å². The van der Waals surface area contributed by atoms with Gasteiger partial charge in [0.05, 0.1) is 11.2 Å². The van der Waals surface area contributed by atoms with Gasteiger partial charge in [-0.15, -0.1) is 0 Å². The fraction of sp³-hybridized carbons (Fsp3) is 0.240. The van der Waals surface area contributed by atoms with E-state index in [1.165, 1.54) is 17.0 Å². The van der Waals surface area contributed by atoms with Crippen molar-refractivity contribution in [3.05, 3.63) is 69.0 Å². The van der Waals surface area contributed by atoms with E-state index < -0.39 is 17.6 Å². The molecule has 170 valence electrons. The van der Waals surface area contributed by atoms with Crippen LogP contribution in [0.15, 0.2) is 46.5 Å². The summed E-state index contributed by atoms with van der Waals surface area (Å²) in [7, 11) is 1.91. The van der Waals surface area contributed by atoms with E-state index in [0.717, 1.165) is 26.9 Å². The molecule has 0 atom stereocenters. The molecule has 8 heteroatoms. The predicted octanol–water partition coefficient (Wildman–Crippen LogP) is 5.36. The lowest BCUT2D eigenvalue weighted by atomic mass is 9.88. The van der Waals surface area contributed by atoms with Crippen LogP contribution < -0.4 is 15.1 Å². The number of rotatable bonds is 2. The summed E-state index contributed by atoms with van der Waals surface area (Å²) in [6.07, 6.45) is 3.41. The Morgan fingerprint density at radius 2 is 1.82 bits per heavy atom. The highest BCUT2D eigenvalue weighted by Crippen LogP contribution is 2.39. The first-order chi connectivity index (χ1) is 15.4. The standard InChI is InChI=1S/C25H23BrFN3O2S/c1-13-8-16(26)6-7-20(13)30-23(32)18(22(31)28-24(30)33)10-15-9-17-14(2)12-25(3,4)29(5)21(17)11-19(15)27/h6-12H,1-5H3,(H,28,31,33)/b18-10-. The zero-order chi connectivity index (χ0) is 24.2. The van der Waals surface area contributed by atoms with Crippen molar-refractivity contribution in [1.29, 1.82) is 0 Å². The second-order valence-corrected chi connectivity index (χ2v) is 10.1. The molecule has 0 bridgehead atoms. The lowest BCUT2D eigenvalue weighted by Gasteiger charge is -2.40. The predicted molar refractivity (Wildman–Crippen MR) is 138 cm³/mol. The van der Waals surface area contributed by atoms with Crippen LogP contribution in [0.3, 0.4) is 0 Å². The van der Waals surface area contributed by atoms with Gasteiger partial charge in [-0.25, -0.2) is 4.39 Å². The summed E-state index contributed by atoms with van der Waals surface area (Å²) in [6.45, 7) is 7.92. The van der Waals surface area contributed by atoms with Gasteiger partial charge in [0.25, 0.3) is 11.8 Å². The molecule has 0 aromatic heterocycles.